The van der Waals surface area contributed by atoms with Crippen molar-refractivity contribution in [3.05, 3.63) is 29.1 Å². The molecule has 20 heavy (non-hydrogen) atoms. The third-order valence-corrected chi connectivity index (χ3v) is 3.81. The minimum atomic E-state index is -0.755. The van der Waals surface area contributed by atoms with Crippen molar-refractivity contribution in [1.29, 1.82) is 0 Å². The van der Waals surface area contributed by atoms with E-state index in [1.807, 2.05) is 0 Å². The molecule has 1 atom stereocenters. The normalized spacial score (nSPS) is 15.7. The number of unbranched alkanes of at least 4 members (excludes halogenated alkanes) is 3. The highest BCUT2D eigenvalue weighted by Crippen LogP contribution is 2.30. The molecule has 1 aromatic rings. The van der Waals surface area contributed by atoms with Gasteiger partial charge in [-0.1, -0.05) is 32.6 Å². The topological polar surface area (TPSA) is 49.3 Å². The van der Waals surface area contributed by atoms with Gasteiger partial charge in [0, 0.05) is 17.7 Å². The summed E-state index contributed by atoms with van der Waals surface area (Å²) in [4.78, 5) is 11.3. The minimum Gasteiger partial charge on any atom is -0.388 e. The van der Waals surface area contributed by atoms with Crippen LogP contribution in [0.4, 0.5) is 10.1 Å². The second-order valence-electron chi connectivity index (χ2n) is 5.44. The molecule has 1 aliphatic rings. The summed E-state index contributed by atoms with van der Waals surface area (Å²) in [5, 5.41) is 12.8. The molecule has 0 saturated carbocycles. The van der Waals surface area contributed by atoms with Gasteiger partial charge in [0.05, 0.1) is 6.10 Å². The Kier molecular flexibility index (Phi) is 5.12. The van der Waals surface area contributed by atoms with Crippen molar-refractivity contribution in [2.24, 2.45) is 0 Å². The molecule has 0 radical (unpaired) electrons. The fourth-order valence-corrected chi connectivity index (χ4v) is 2.60. The van der Waals surface area contributed by atoms with E-state index < -0.39 is 11.9 Å². The van der Waals surface area contributed by atoms with Crippen molar-refractivity contribution in [3.63, 3.8) is 0 Å². The number of fused-ring (bicyclic) bond motifs is 1. The molecule has 1 unspecified atom stereocenters. The average Bonchev–Trinajstić information content (AvgIpc) is 2.42. The first-order chi connectivity index (χ1) is 9.61. The number of hydrogen-bond donors (Lipinski definition) is 2. The van der Waals surface area contributed by atoms with Gasteiger partial charge in [-0.05, 0) is 30.5 Å². The van der Waals surface area contributed by atoms with Gasteiger partial charge in [0.25, 0.3) is 0 Å². The summed E-state index contributed by atoms with van der Waals surface area (Å²) in [5.41, 5.74) is 1.81. The van der Waals surface area contributed by atoms with Gasteiger partial charge < -0.3 is 10.4 Å². The van der Waals surface area contributed by atoms with Crippen molar-refractivity contribution in [3.8, 4) is 0 Å². The SMILES string of the molecule is CCCCCCC(O)c1cc2c(cc1F)NC(=O)CC2. The number of aryl methyl sites for hydroxylation is 1. The number of carbonyl (C=O) groups is 1. The Hall–Kier alpha value is -1.42. The number of aliphatic hydroxyl groups is 1. The number of halogens is 1. The van der Waals surface area contributed by atoms with Crippen molar-refractivity contribution in [1.82, 2.24) is 0 Å². The third kappa shape index (κ3) is 3.57. The number of nitrogens with one attached hydrogen (secondary N) is 1. The van der Waals surface area contributed by atoms with Gasteiger partial charge in [0.15, 0.2) is 0 Å². The highest BCUT2D eigenvalue weighted by Gasteiger charge is 2.20. The largest absolute Gasteiger partial charge is 0.388 e. The summed E-state index contributed by atoms with van der Waals surface area (Å²) in [6.07, 6.45) is 5.12. The van der Waals surface area contributed by atoms with Crippen LogP contribution < -0.4 is 5.32 Å². The Morgan fingerprint density at radius 2 is 2.10 bits per heavy atom. The van der Waals surface area contributed by atoms with E-state index in [9.17, 15) is 14.3 Å². The van der Waals surface area contributed by atoms with Crippen LogP contribution in [0, 0.1) is 5.82 Å². The maximum atomic E-state index is 14.0. The second kappa shape index (κ2) is 6.84. The standard InChI is InChI=1S/C16H22FNO2/c1-2-3-4-5-6-15(19)12-9-11-7-8-16(20)18-14(11)10-13(12)17/h9-10,15,19H,2-8H2,1H3,(H,18,20). The van der Waals surface area contributed by atoms with Gasteiger partial charge >= 0.3 is 0 Å². The molecule has 1 heterocycles. The molecule has 0 aliphatic carbocycles. The molecule has 110 valence electrons. The lowest BCUT2D eigenvalue weighted by Crippen LogP contribution is -2.19. The Labute approximate surface area is 119 Å². The highest BCUT2D eigenvalue weighted by molar-refractivity contribution is 5.93. The number of aliphatic hydroxyl groups excluding tert-OH is 1. The maximum absolute atomic E-state index is 14.0. The van der Waals surface area contributed by atoms with E-state index in [0.29, 0.717) is 30.5 Å². The van der Waals surface area contributed by atoms with E-state index >= 15 is 0 Å². The Balaban J connectivity index is 2.06. The molecule has 1 aliphatic heterocycles. The summed E-state index contributed by atoms with van der Waals surface area (Å²) in [7, 11) is 0. The summed E-state index contributed by atoms with van der Waals surface area (Å²) >= 11 is 0. The highest BCUT2D eigenvalue weighted by atomic mass is 19.1. The van der Waals surface area contributed by atoms with Crippen molar-refractivity contribution >= 4 is 11.6 Å². The van der Waals surface area contributed by atoms with Crippen LogP contribution in [0.3, 0.4) is 0 Å². The quantitative estimate of drug-likeness (QED) is 0.780. The van der Waals surface area contributed by atoms with Crippen LogP contribution in [0.15, 0.2) is 12.1 Å². The molecule has 1 amide bonds. The fourth-order valence-electron chi connectivity index (χ4n) is 2.60. The molecule has 0 saturated heterocycles. The predicted octanol–water partition coefficient (Wildman–Crippen LogP) is 3.71. The lowest BCUT2D eigenvalue weighted by atomic mass is 9.95. The summed E-state index contributed by atoms with van der Waals surface area (Å²) in [6.45, 7) is 2.13. The third-order valence-electron chi connectivity index (χ3n) is 3.81. The van der Waals surface area contributed by atoms with Crippen LogP contribution in [-0.2, 0) is 11.2 Å². The van der Waals surface area contributed by atoms with Crippen LogP contribution in [0.2, 0.25) is 0 Å². The molecule has 1 aromatic carbocycles. The first-order valence-electron chi connectivity index (χ1n) is 7.42. The zero-order chi connectivity index (χ0) is 14.5. The summed E-state index contributed by atoms with van der Waals surface area (Å²) < 4.78 is 14.0. The van der Waals surface area contributed by atoms with Gasteiger partial charge in [-0.15, -0.1) is 0 Å². The van der Waals surface area contributed by atoms with Crippen LogP contribution in [-0.4, -0.2) is 11.0 Å². The zero-order valence-corrected chi connectivity index (χ0v) is 11.9. The number of carbonyl (C=O) groups excluding carboxylic acids is 1. The number of benzene rings is 1. The molecule has 0 fully saturated rings. The Morgan fingerprint density at radius 1 is 1.30 bits per heavy atom. The second-order valence-corrected chi connectivity index (χ2v) is 5.44. The summed E-state index contributed by atoms with van der Waals surface area (Å²) in [6, 6.07) is 3.03. The molecule has 2 N–H and O–H groups in total. The maximum Gasteiger partial charge on any atom is 0.224 e. The molecular weight excluding hydrogens is 257 g/mol. The summed E-state index contributed by atoms with van der Waals surface area (Å²) in [5.74, 6) is -0.515. The van der Waals surface area contributed by atoms with E-state index in [2.05, 4.69) is 12.2 Å². The smallest absolute Gasteiger partial charge is 0.224 e. The zero-order valence-electron chi connectivity index (χ0n) is 11.9. The molecule has 0 aromatic heterocycles. The van der Waals surface area contributed by atoms with E-state index in [4.69, 9.17) is 0 Å². The molecular formula is C16H22FNO2. The molecule has 2 rings (SSSR count). The van der Waals surface area contributed by atoms with E-state index in [-0.39, 0.29) is 5.91 Å². The van der Waals surface area contributed by atoms with Crippen LogP contribution >= 0.6 is 0 Å². The van der Waals surface area contributed by atoms with Crippen molar-refractivity contribution in [2.75, 3.05) is 5.32 Å². The first-order valence-corrected chi connectivity index (χ1v) is 7.42. The molecule has 3 nitrogen and oxygen atoms in total. The average molecular weight is 279 g/mol. The number of amides is 1. The number of hydrogen-bond acceptors (Lipinski definition) is 2. The van der Waals surface area contributed by atoms with Gasteiger partial charge in [-0.2, -0.15) is 0 Å². The van der Waals surface area contributed by atoms with E-state index in [1.54, 1.807) is 6.07 Å². The lowest BCUT2D eigenvalue weighted by Gasteiger charge is -2.20. The van der Waals surface area contributed by atoms with Crippen LogP contribution in [0.25, 0.3) is 0 Å². The Morgan fingerprint density at radius 3 is 2.85 bits per heavy atom. The molecule has 0 bridgehead atoms. The number of anilines is 1. The lowest BCUT2D eigenvalue weighted by molar-refractivity contribution is -0.116. The Bertz CT molecular complexity index is 488. The molecule has 0 spiro atoms. The van der Waals surface area contributed by atoms with Crippen LogP contribution in [0.5, 0.6) is 0 Å². The van der Waals surface area contributed by atoms with Gasteiger partial charge in [-0.25, -0.2) is 4.39 Å². The van der Waals surface area contributed by atoms with E-state index in [1.165, 1.54) is 6.07 Å². The fraction of sp³-hybridized carbons (Fsp3) is 0.562. The van der Waals surface area contributed by atoms with Gasteiger partial charge in [-0.3, -0.25) is 4.79 Å². The van der Waals surface area contributed by atoms with Crippen molar-refractivity contribution < 1.29 is 14.3 Å². The number of rotatable bonds is 6. The first kappa shape index (κ1) is 15.0. The van der Waals surface area contributed by atoms with Gasteiger partial charge in [0.2, 0.25) is 5.91 Å². The molecule has 4 heteroatoms. The predicted molar refractivity (Wildman–Crippen MR) is 77.1 cm³/mol. The van der Waals surface area contributed by atoms with Crippen molar-refractivity contribution in [2.45, 2.75) is 58.0 Å². The monoisotopic (exact) mass is 279 g/mol. The minimum absolute atomic E-state index is 0.0789. The van der Waals surface area contributed by atoms with Crippen LogP contribution in [0.1, 0.15) is 62.7 Å². The van der Waals surface area contributed by atoms with E-state index in [0.717, 1.165) is 31.2 Å². The van der Waals surface area contributed by atoms with Gasteiger partial charge in [0.1, 0.15) is 5.82 Å².